The second kappa shape index (κ2) is 6.73. The topological polar surface area (TPSA) is 108 Å². The molecule has 18 heavy (non-hydrogen) atoms. The Morgan fingerprint density at radius 2 is 2.11 bits per heavy atom. The smallest absolute Gasteiger partial charge is 0.303 e. The number of unbranched alkanes of at least 4 members (excludes halogenated alkanes) is 1. The van der Waals surface area contributed by atoms with E-state index in [-0.39, 0.29) is 24.1 Å². The van der Waals surface area contributed by atoms with Crippen molar-refractivity contribution in [1.29, 1.82) is 0 Å². The number of aliphatic carboxylic acids is 1. The predicted molar refractivity (Wildman–Crippen MR) is 64.3 cm³/mol. The van der Waals surface area contributed by atoms with Gasteiger partial charge < -0.3 is 10.4 Å². The van der Waals surface area contributed by atoms with Gasteiger partial charge in [0.2, 0.25) is 5.82 Å². The van der Waals surface area contributed by atoms with E-state index in [0.29, 0.717) is 25.2 Å². The van der Waals surface area contributed by atoms with Crippen LogP contribution >= 0.6 is 0 Å². The first-order chi connectivity index (χ1) is 8.50. The van der Waals surface area contributed by atoms with Crippen LogP contribution in [0.1, 0.15) is 55.5 Å². The summed E-state index contributed by atoms with van der Waals surface area (Å²) in [4.78, 5) is 25.9. The van der Waals surface area contributed by atoms with Crippen molar-refractivity contribution in [2.45, 2.75) is 39.0 Å². The monoisotopic (exact) mass is 254 g/mol. The Morgan fingerprint density at radius 3 is 2.67 bits per heavy atom. The highest BCUT2D eigenvalue weighted by atomic mass is 16.4. The lowest BCUT2D eigenvalue weighted by Gasteiger charge is -2.01. The first-order valence-corrected chi connectivity index (χ1v) is 5.93. The summed E-state index contributed by atoms with van der Waals surface area (Å²) >= 11 is 0. The number of nitrogens with zero attached hydrogens (tertiary/aromatic N) is 2. The van der Waals surface area contributed by atoms with E-state index in [1.807, 2.05) is 13.8 Å². The molecule has 0 spiro atoms. The summed E-state index contributed by atoms with van der Waals surface area (Å²) < 4.78 is 0. The fraction of sp³-hybridized carbons (Fsp3) is 0.636. The van der Waals surface area contributed by atoms with Crippen LogP contribution in [-0.4, -0.2) is 38.7 Å². The molecule has 1 heterocycles. The molecule has 1 aromatic heterocycles. The SMILES string of the molecule is CC(C)c1nc(C(=O)NCCCCC(=O)O)n[nH]1. The minimum Gasteiger partial charge on any atom is -0.481 e. The Morgan fingerprint density at radius 1 is 1.39 bits per heavy atom. The molecular weight excluding hydrogens is 236 g/mol. The van der Waals surface area contributed by atoms with Crippen molar-refractivity contribution >= 4 is 11.9 Å². The number of hydrogen-bond acceptors (Lipinski definition) is 4. The van der Waals surface area contributed by atoms with E-state index >= 15 is 0 Å². The number of nitrogens with one attached hydrogen (secondary N) is 2. The Hall–Kier alpha value is -1.92. The predicted octanol–water partition coefficient (Wildman–Crippen LogP) is 0.913. The van der Waals surface area contributed by atoms with Gasteiger partial charge in [0.1, 0.15) is 5.82 Å². The van der Waals surface area contributed by atoms with Crippen LogP contribution in [0.3, 0.4) is 0 Å². The number of aromatic nitrogens is 3. The van der Waals surface area contributed by atoms with E-state index in [2.05, 4.69) is 20.5 Å². The average Bonchev–Trinajstić information content (AvgIpc) is 2.77. The Balaban J connectivity index is 2.29. The van der Waals surface area contributed by atoms with Crippen LogP contribution in [0.25, 0.3) is 0 Å². The number of rotatable bonds is 7. The maximum absolute atomic E-state index is 11.6. The molecule has 1 amide bonds. The number of carbonyl (C=O) groups excluding carboxylic acids is 1. The molecule has 0 bridgehead atoms. The number of carbonyl (C=O) groups is 2. The van der Waals surface area contributed by atoms with Crippen molar-refractivity contribution in [3.63, 3.8) is 0 Å². The van der Waals surface area contributed by atoms with Crippen molar-refractivity contribution in [2.75, 3.05) is 6.54 Å². The van der Waals surface area contributed by atoms with Crippen LogP contribution in [0, 0.1) is 0 Å². The number of hydrogen-bond donors (Lipinski definition) is 3. The molecule has 1 rings (SSSR count). The number of H-pyrrole nitrogens is 1. The summed E-state index contributed by atoms with van der Waals surface area (Å²) in [6.07, 6.45) is 1.29. The van der Waals surface area contributed by atoms with Gasteiger partial charge in [-0.15, -0.1) is 5.10 Å². The zero-order valence-corrected chi connectivity index (χ0v) is 10.6. The summed E-state index contributed by atoms with van der Waals surface area (Å²) in [5.74, 6) is -0.178. The third-order valence-corrected chi connectivity index (χ3v) is 2.36. The molecule has 0 aromatic carbocycles. The summed E-state index contributed by atoms with van der Waals surface area (Å²) in [5.41, 5.74) is 0. The molecule has 0 unspecified atom stereocenters. The van der Waals surface area contributed by atoms with Gasteiger partial charge in [0.05, 0.1) is 0 Å². The van der Waals surface area contributed by atoms with Crippen molar-refractivity contribution in [3.8, 4) is 0 Å². The van der Waals surface area contributed by atoms with Gasteiger partial charge in [0.25, 0.3) is 5.91 Å². The molecule has 0 radical (unpaired) electrons. The maximum atomic E-state index is 11.6. The van der Waals surface area contributed by atoms with Gasteiger partial charge in [-0.2, -0.15) is 0 Å². The van der Waals surface area contributed by atoms with Gasteiger partial charge in [-0.25, -0.2) is 4.98 Å². The Labute approximate surface area is 105 Å². The van der Waals surface area contributed by atoms with E-state index in [1.165, 1.54) is 0 Å². The van der Waals surface area contributed by atoms with E-state index in [0.717, 1.165) is 0 Å². The van der Waals surface area contributed by atoms with Crippen LogP contribution in [0.2, 0.25) is 0 Å². The van der Waals surface area contributed by atoms with Crippen LogP contribution in [0.5, 0.6) is 0 Å². The normalized spacial score (nSPS) is 10.6. The molecule has 7 nitrogen and oxygen atoms in total. The lowest BCUT2D eigenvalue weighted by atomic mass is 10.2. The molecule has 100 valence electrons. The lowest BCUT2D eigenvalue weighted by molar-refractivity contribution is -0.137. The molecule has 1 aromatic rings. The molecule has 0 aliphatic carbocycles. The van der Waals surface area contributed by atoms with Gasteiger partial charge in [-0.1, -0.05) is 13.8 Å². The van der Waals surface area contributed by atoms with Crippen LogP contribution in [0.15, 0.2) is 0 Å². The van der Waals surface area contributed by atoms with Crippen molar-refractivity contribution in [1.82, 2.24) is 20.5 Å². The summed E-state index contributed by atoms with van der Waals surface area (Å²) in [6, 6.07) is 0. The second-order valence-corrected chi connectivity index (χ2v) is 4.31. The molecule has 0 aliphatic heterocycles. The van der Waals surface area contributed by atoms with E-state index < -0.39 is 5.97 Å². The number of aromatic amines is 1. The molecule has 7 heteroatoms. The van der Waals surface area contributed by atoms with Crippen LogP contribution in [-0.2, 0) is 4.79 Å². The summed E-state index contributed by atoms with van der Waals surface area (Å²) in [6.45, 7) is 4.33. The van der Waals surface area contributed by atoms with Gasteiger partial charge in [-0.3, -0.25) is 14.7 Å². The summed E-state index contributed by atoms with van der Waals surface area (Å²) in [5, 5.41) is 17.6. The van der Waals surface area contributed by atoms with Crippen molar-refractivity contribution in [2.24, 2.45) is 0 Å². The Bertz CT molecular complexity index is 414. The standard InChI is InChI=1S/C11H18N4O3/c1-7(2)9-13-10(15-14-9)11(18)12-6-4-3-5-8(16)17/h7H,3-6H2,1-2H3,(H,12,18)(H,16,17)(H,13,14,15). The molecule has 0 atom stereocenters. The van der Waals surface area contributed by atoms with Gasteiger partial charge in [0.15, 0.2) is 0 Å². The number of carboxylic acid groups (broad SMARTS) is 1. The fourth-order valence-corrected chi connectivity index (χ4v) is 1.32. The van der Waals surface area contributed by atoms with Crippen molar-refractivity contribution < 1.29 is 14.7 Å². The number of amides is 1. The third kappa shape index (κ3) is 4.52. The second-order valence-electron chi connectivity index (χ2n) is 4.31. The zero-order valence-electron chi connectivity index (χ0n) is 10.6. The highest BCUT2D eigenvalue weighted by Crippen LogP contribution is 2.07. The van der Waals surface area contributed by atoms with Gasteiger partial charge >= 0.3 is 5.97 Å². The van der Waals surface area contributed by atoms with Crippen LogP contribution < -0.4 is 5.32 Å². The van der Waals surface area contributed by atoms with Gasteiger partial charge in [0, 0.05) is 18.9 Å². The zero-order chi connectivity index (χ0) is 13.5. The maximum Gasteiger partial charge on any atom is 0.303 e. The van der Waals surface area contributed by atoms with E-state index in [9.17, 15) is 9.59 Å². The Kier molecular flexibility index (Phi) is 5.29. The minimum absolute atomic E-state index is 0.119. The molecule has 0 saturated heterocycles. The molecule has 0 saturated carbocycles. The van der Waals surface area contributed by atoms with Gasteiger partial charge in [-0.05, 0) is 12.8 Å². The minimum atomic E-state index is -0.822. The molecule has 0 fully saturated rings. The summed E-state index contributed by atoms with van der Waals surface area (Å²) in [7, 11) is 0. The van der Waals surface area contributed by atoms with E-state index in [4.69, 9.17) is 5.11 Å². The largest absolute Gasteiger partial charge is 0.481 e. The third-order valence-electron chi connectivity index (χ3n) is 2.36. The van der Waals surface area contributed by atoms with Crippen molar-refractivity contribution in [3.05, 3.63) is 11.6 Å². The highest BCUT2D eigenvalue weighted by Gasteiger charge is 2.13. The first kappa shape index (κ1) is 14.1. The lowest BCUT2D eigenvalue weighted by Crippen LogP contribution is -2.25. The molecular formula is C11H18N4O3. The highest BCUT2D eigenvalue weighted by molar-refractivity contribution is 5.90. The molecule has 3 N–H and O–H groups in total. The number of carboxylic acids is 1. The van der Waals surface area contributed by atoms with Crippen LogP contribution in [0.4, 0.5) is 0 Å². The average molecular weight is 254 g/mol. The van der Waals surface area contributed by atoms with E-state index in [1.54, 1.807) is 0 Å². The fourth-order valence-electron chi connectivity index (χ4n) is 1.32. The first-order valence-electron chi connectivity index (χ1n) is 5.93. The molecule has 0 aliphatic rings. The quantitative estimate of drug-likeness (QED) is 0.627.